The Labute approximate surface area is 118 Å². The minimum Gasteiger partial charge on any atom is -0.250 e. The maximum Gasteiger partial charge on any atom is 0.243 e. The molecule has 0 unspecified atom stereocenters. The Morgan fingerprint density at radius 1 is 0.900 bits per heavy atom. The molecule has 0 bridgehead atoms. The Bertz CT molecular complexity index is 653. The molecule has 5 heteroatoms. The molecule has 0 atom stereocenters. The van der Waals surface area contributed by atoms with Gasteiger partial charge in [-0.3, -0.25) is 0 Å². The van der Waals surface area contributed by atoms with E-state index >= 15 is 0 Å². The zero-order valence-corrected chi connectivity index (χ0v) is 11.8. The number of aryl methyl sites for hydroxylation is 2. The average molecular weight is 269 g/mol. The van der Waals surface area contributed by atoms with E-state index in [4.69, 9.17) is 4.98 Å². The van der Waals surface area contributed by atoms with Crippen LogP contribution in [0.4, 0.5) is 0 Å². The van der Waals surface area contributed by atoms with Crippen LogP contribution in [0.25, 0.3) is 0 Å². The summed E-state index contributed by atoms with van der Waals surface area (Å²) >= 11 is 0. The van der Waals surface area contributed by atoms with Crippen molar-refractivity contribution in [3.05, 3.63) is 67.0 Å². The highest BCUT2D eigenvalue weighted by Crippen LogP contribution is 2.03. The van der Waals surface area contributed by atoms with Gasteiger partial charge in [0.05, 0.1) is 25.5 Å². The summed E-state index contributed by atoms with van der Waals surface area (Å²) in [6.07, 6.45) is 12.3. The predicted molar refractivity (Wildman–Crippen MR) is 73.7 cm³/mol. The van der Waals surface area contributed by atoms with Gasteiger partial charge in [0.15, 0.2) is 0 Å². The lowest BCUT2D eigenvalue weighted by Crippen LogP contribution is -2.24. The third-order valence-electron chi connectivity index (χ3n) is 3.20. The third kappa shape index (κ3) is 2.93. The van der Waals surface area contributed by atoms with Crippen molar-refractivity contribution in [1.82, 2.24) is 14.1 Å². The van der Waals surface area contributed by atoms with Crippen molar-refractivity contribution in [2.75, 3.05) is 0 Å². The number of aromatic nitrogens is 5. The monoisotopic (exact) mass is 269 g/mol. The second-order valence-electron chi connectivity index (χ2n) is 5.12. The maximum atomic E-state index is 4.72. The molecule has 0 aliphatic carbocycles. The lowest BCUT2D eigenvalue weighted by molar-refractivity contribution is -0.671. The fraction of sp³-hybridized carbons (Fsp3) is 0.267. The Morgan fingerprint density at radius 2 is 1.40 bits per heavy atom. The summed E-state index contributed by atoms with van der Waals surface area (Å²) in [5.41, 5.74) is 2.16. The van der Waals surface area contributed by atoms with Crippen LogP contribution < -0.4 is 9.13 Å². The zero-order valence-electron chi connectivity index (χ0n) is 11.8. The molecule has 0 saturated heterocycles. The number of pyridine rings is 1. The highest BCUT2D eigenvalue weighted by molar-refractivity contribution is 5.12. The summed E-state index contributed by atoms with van der Waals surface area (Å²) < 4.78 is 8.32. The van der Waals surface area contributed by atoms with Crippen LogP contribution in [0.5, 0.6) is 0 Å². The number of hydrogen-bond acceptors (Lipinski definition) is 1. The molecule has 0 radical (unpaired) electrons. The Hall–Kier alpha value is -2.43. The predicted octanol–water partition coefficient (Wildman–Crippen LogP) is 0.430. The summed E-state index contributed by atoms with van der Waals surface area (Å²) in [6, 6.07) is 6.21. The topological polar surface area (TPSA) is 30.5 Å². The van der Waals surface area contributed by atoms with Crippen molar-refractivity contribution in [2.45, 2.75) is 13.1 Å². The van der Waals surface area contributed by atoms with Gasteiger partial charge < -0.3 is 0 Å². The van der Waals surface area contributed by atoms with Gasteiger partial charge >= 0.3 is 0 Å². The molecule has 3 aromatic rings. The molecule has 3 rings (SSSR count). The van der Waals surface area contributed by atoms with Crippen molar-refractivity contribution < 1.29 is 9.13 Å². The second-order valence-corrected chi connectivity index (χ2v) is 5.12. The first-order valence-electron chi connectivity index (χ1n) is 6.66. The smallest absolute Gasteiger partial charge is 0.243 e. The molecule has 0 amide bonds. The molecule has 0 aliphatic rings. The summed E-state index contributed by atoms with van der Waals surface area (Å²) in [7, 11) is 4.04. The molecule has 0 saturated carbocycles. The molecule has 0 N–H and O–H groups in total. The van der Waals surface area contributed by atoms with Crippen molar-refractivity contribution in [1.29, 1.82) is 0 Å². The lowest BCUT2D eigenvalue weighted by atomic mass is 10.3. The van der Waals surface area contributed by atoms with Gasteiger partial charge in [-0.05, 0) is 12.1 Å². The standard InChI is InChI=1S/C15H19N5/c1-17-6-8-19(12-17)10-14-4-3-5-15(16-14)11-20-9-7-18(2)13-20/h3-9,12-13H,10-11H2,1-2H3/q+2. The van der Waals surface area contributed by atoms with Crippen LogP contribution in [0.15, 0.2) is 55.6 Å². The SMILES string of the molecule is C[n+]1ccn(Cc2cccc(Cn3cc[n+](C)c3)n2)c1. The van der Waals surface area contributed by atoms with Crippen LogP contribution in [0.3, 0.4) is 0 Å². The first-order chi connectivity index (χ1) is 9.69. The van der Waals surface area contributed by atoms with E-state index in [1.165, 1.54) is 0 Å². The zero-order chi connectivity index (χ0) is 13.9. The summed E-state index contributed by atoms with van der Waals surface area (Å²) in [5, 5.41) is 0. The van der Waals surface area contributed by atoms with Gasteiger partial charge in [-0.25, -0.2) is 23.3 Å². The van der Waals surface area contributed by atoms with E-state index in [-0.39, 0.29) is 0 Å². The van der Waals surface area contributed by atoms with Gasteiger partial charge in [-0.2, -0.15) is 0 Å². The molecule has 3 heterocycles. The van der Waals surface area contributed by atoms with Gasteiger partial charge in [0.25, 0.3) is 0 Å². The normalized spacial score (nSPS) is 10.9. The summed E-state index contributed by atoms with van der Waals surface area (Å²) in [6.45, 7) is 1.60. The van der Waals surface area contributed by atoms with Crippen molar-refractivity contribution in [3.8, 4) is 0 Å². The summed E-state index contributed by atoms with van der Waals surface area (Å²) in [4.78, 5) is 4.72. The minimum atomic E-state index is 0.800. The molecule has 0 spiro atoms. The number of nitrogens with zero attached hydrogens (tertiary/aromatic N) is 5. The molecule has 5 nitrogen and oxygen atoms in total. The molecular formula is C15H19N5+2. The van der Waals surface area contributed by atoms with E-state index in [2.05, 4.69) is 52.4 Å². The van der Waals surface area contributed by atoms with Gasteiger partial charge in [0, 0.05) is 0 Å². The van der Waals surface area contributed by atoms with E-state index in [9.17, 15) is 0 Å². The van der Waals surface area contributed by atoms with Gasteiger partial charge in [0.2, 0.25) is 12.7 Å². The molecule has 0 aliphatic heterocycles. The molecule has 102 valence electrons. The lowest BCUT2D eigenvalue weighted by Gasteiger charge is -2.01. The Kier molecular flexibility index (Phi) is 3.33. The first kappa shape index (κ1) is 12.6. The molecular weight excluding hydrogens is 250 g/mol. The fourth-order valence-corrected chi connectivity index (χ4v) is 2.27. The van der Waals surface area contributed by atoms with E-state index in [0.29, 0.717) is 0 Å². The van der Waals surface area contributed by atoms with Crippen molar-refractivity contribution in [2.24, 2.45) is 14.1 Å². The van der Waals surface area contributed by atoms with Crippen LogP contribution in [-0.4, -0.2) is 14.1 Å². The van der Waals surface area contributed by atoms with E-state index in [1.807, 2.05) is 35.6 Å². The summed E-state index contributed by atoms with van der Waals surface area (Å²) in [5.74, 6) is 0. The van der Waals surface area contributed by atoms with Gasteiger partial charge in [-0.1, -0.05) is 6.07 Å². The Balaban J connectivity index is 1.75. The van der Waals surface area contributed by atoms with Crippen LogP contribution in [0.1, 0.15) is 11.4 Å². The maximum absolute atomic E-state index is 4.72. The molecule has 20 heavy (non-hydrogen) atoms. The van der Waals surface area contributed by atoms with E-state index < -0.39 is 0 Å². The second kappa shape index (κ2) is 5.28. The van der Waals surface area contributed by atoms with Crippen molar-refractivity contribution >= 4 is 0 Å². The number of imidazole rings is 2. The van der Waals surface area contributed by atoms with Crippen LogP contribution in [-0.2, 0) is 27.2 Å². The Morgan fingerprint density at radius 3 is 1.80 bits per heavy atom. The highest BCUT2D eigenvalue weighted by Gasteiger charge is 2.06. The quantitative estimate of drug-likeness (QED) is 0.632. The van der Waals surface area contributed by atoms with Crippen molar-refractivity contribution in [3.63, 3.8) is 0 Å². The van der Waals surface area contributed by atoms with Gasteiger partial charge in [-0.15, -0.1) is 0 Å². The molecule has 3 aromatic heterocycles. The van der Waals surface area contributed by atoms with Gasteiger partial charge in [0.1, 0.15) is 37.9 Å². The largest absolute Gasteiger partial charge is 0.250 e. The number of hydrogen-bond donors (Lipinski definition) is 0. The average Bonchev–Trinajstić information content (AvgIpc) is 2.99. The molecule has 0 aromatic carbocycles. The fourth-order valence-electron chi connectivity index (χ4n) is 2.27. The van der Waals surface area contributed by atoms with Crippen LogP contribution in [0, 0.1) is 0 Å². The van der Waals surface area contributed by atoms with Crippen LogP contribution >= 0.6 is 0 Å². The minimum absolute atomic E-state index is 0.800. The number of rotatable bonds is 4. The van der Waals surface area contributed by atoms with Crippen LogP contribution in [0.2, 0.25) is 0 Å². The first-order valence-corrected chi connectivity index (χ1v) is 6.66. The molecule has 0 fully saturated rings. The van der Waals surface area contributed by atoms with E-state index in [0.717, 1.165) is 24.5 Å². The third-order valence-corrected chi connectivity index (χ3v) is 3.20. The van der Waals surface area contributed by atoms with E-state index in [1.54, 1.807) is 0 Å². The highest BCUT2D eigenvalue weighted by atomic mass is 15.1.